The van der Waals surface area contributed by atoms with Crippen molar-refractivity contribution in [2.75, 3.05) is 37.6 Å². The molecule has 1 saturated heterocycles. The van der Waals surface area contributed by atoms with Crippen molar-refractivity contribution in [1.29, 1.82) is 0 Å². The Hall–Kier alpha value is -2.41. The minimum atomic E-state index is 0.156. The summed E-state index contributed by atoms with van der Waals surface area (Å²) in [5.74, 6) is 1.14. The number of anilines is 1. The zero-order valence-electron chi connectivity index (χ0n) is 14.0. The van der Waals surface area contributed by atoms with E-state index in [1.807, 2.05) is 40.0 Å². The third-order valence-corrected chi connectivity index (χ3v) is 4.23. The van der Waals surface area contributed by atoms with Crippen LogP contribution in [0, 0.1) is 0 Å². The molecule has 0 spiro atoms. The summed E-state index contributed by atoms with van der Waals surface area (Å²) >= 11 is 0. The molecule has 0 unspecified atom stereocenters. The van der Waals surface area contributed by atoms with Crippen molar-refractivity contribution in [3.05, 3.63) is 42.9 Å². The van der Waals surface area contributed by atoms with Crippen LogP contribution in [0.3, 0.4) is 0 Å². The summed E-state index contributed by atoms with van der Waals surface area (Å²) in [5, 5.41) is 7.46. The highest BCUT2D eigenvalue weighted by Crippen LogP contribution is 2.12. The summed E-state index contributed by atoms with van der Waals surface area (Å²) in [6, 6.07) is 8.02. The Balaban J connectivity index is 1.40. The molecule has 1 atom stereocenters. The van der Waals surface area contributed by atoms with Gasteiger partial charge in [-0.15, -0.1) is 0 Å². The lowest BCUT2D eigenvalue weighted by molar-refractivity contribution is -0.130. The van der Waals surface area contributed by atoms with Gasteiger partial charge in [0.2, 0.25) is 5.91 Å². The first-order valence-electron chi connectivity index (χ1n) is 8.37. The van der Waals surface area contributed by atoms with E-state index in [4.69, 9.17) is 0 Å². The minimum absolute atomic E-state index is 0.156. The molecule has 1 fully saturated rings. The van der Waals surface area contributed by atoms with Crippen LogP contribution in [0.5, 0.6) is 0 Å². The van der Waals surface area contributed by atoms with Crippen molar-refractivity contribution in [3.8, 4) is 0 Å². The standard InChI is InChI=1S/C17H24N6O/c1-15(14-23-8-4-7-20-23)19-13-17(24)22-11-9-21(10-12-22)16-5-2-3-6-18-16/h2-8,15,19H,9-14H2,1H3/t15-/m1/s1. The lowest BCUT2D eigenvalue weighted by Crippen LogP contribution is -2.51. The maximum absolute atomic E-state index is 12.4. The van der Waals surface area contributed by atoms with Crippen LogP contribution in [-0.4, -0.2) is 64.3 Å². The van der Waals surface area contributed by atoms with Gasteiger partial charge >= 0.3 is 0 Å². The normalized spacial score (nSPS) is 16.2. The van der Waals surface area contributed by atoms with Crippen LogP contribution in [0.15, 0.2) is 42.9 Å². The first-order chi connectivity index (χ1) is 11.7. The van der Waals surface area contributed by atoms with Crippen LogP contribution >= 0.6 is 0 Å². The molecule has 7 nitrogen and oxygen atoms in total. The Labute approximate surface area is 142 Å². The Bertz CT molecular complexity index is 622. The summed E-state index contributed by atoms with van der Waals surface area (Å²) in [7, 11) is 0. The second-order valence-electron chi connectivity index (χ2n) is 6.07. The molecule has 0 saturated carbocycles. The highest BCUT2D eigenvalue weighted by Gasteiger charge is 2.21. The molecule has 0 aromatic carbocycles. The van der Waals surface area contributed by atoms with Crippen molar-refractivity contribution in [2.24, 2.45) is 0 Å². The molecule has 24 heavy (non-hydrogen) atoms. The molecule has 2 aromatic rings. The van der Waals surface area contributed by atoms with Crippen molar-refractivity contribution < 1.29 is 4.79 Å². The summed E-state index contributed by atoms with van der Waals surface area (Å²) in [6.07, 6.45) is 5.49. The van der Waals surface area contributed by atoms with Crippen molar-refractivity contribution in [2.45, 2.75) is 19.5 Å². The molecule has 1 amide bonds. The number of piperazine rings is 1. The molecule has 0 radical (unpaired) electrons. The number of aromatic nitrogens is 3. The Kier molecular flexibility index (Phi) is 5.43. The molecular formula is C17H24N6O. The van der Waals surface area contributed by atoms with E-state index < -0.39 is 0 Å². The Morgan fingerprint density at radius 1 is 1.21 bits per heavy atom. The smallest absolute Gasteiger partial charge is 0.236 e. The molecule has 1 aliphatic rings. The molecule has 1 aliphatic heterocycles. The van der Waals surface area contributed by atoms with Gasteiger partial charge in [0.25, 0.3) is 0 Å². The fourth-order valence-electron chi connectivity index (χ4n) is 2.85. The molecule has 128 valence electrons. The van der Waals surface area contributed by atoms with Gasteiger partial charge < -0.3 is 15.1 Å². The SMILES string of the molecule is C[C@H](Cn1cccn1)NCC(=O)N1CCN(c2ccccn2)CC1. The predicted molar refractivity (Wildman–Crippen MR) is 92.7 cm³/mol. The highest BCUT2D eigenvalue weighted by atomic mass is 16.2. The van der Waals surface area contributed by atoms with Gasteiger partial charge in [0.15, 0.2) is 0 Å². The summed E-state index contributed by atoms with van der Waals surface area (Å²) in [5.41, 5.74) is 0. The quantitative estimate of drug-likeness (QED) is 0.841. The van der Waals surface area contributed by atoms with Gasteiger partial charge in [-0.05, 0) is 25.1 Å². The van der Waals surface area contributed by atoms with E-state index in [2.05, 4.69) is 27.2 Å². The van der Waals surface area contributed by atoms with E-state index in [0.29, 0.717) is 6.54 Å². The monoisotopic (exact) mass is 328 g/mol. The largest absolute Gasteiger partial charge is 0.353 e. The van der Waals surface area contributed by atoms with Gasteiger partial charge in [-0.2, -0.15) is 5.10 Å². The van der Waals surface area contributed by atoms with Crippen molar-refractivity contribution >= 4 is 11.7 Å². The zero-order valence-corrected chi connectivity index (χ0v) is 14.0. The van der Waals surface area contributed by atoms with Crippen molar-refractivity contribution in [1.82, 2.24) is 25.0 Å². The maximum Gasteiger partial charge on any atom is 0.236 e. The van der Waals surface area contributed by atoms with E-state index in [9.17, 15) is 4.79 Å². The maximum atomic E-state index is 12.4. The molecule has 0 bridgehead atoms. The van der Waals surface area contributed by atoms with Gasteiger partial charge in [0.05, 0.1) is 13.1 Å². The number of hydrogen-bond acceptors (Lipinski definition) is 5. The lowest BCUT2D eigenvalue weighted by atomic mass is 10.3. The fraction of sp³-hybridized carbons (Fsp3) is 0.471. The van der Waals surface area contributed by atoms with Crippen molar-refractivity contribution in [3.63, 3.8) is 0 Å². The number of nitrogens with one attached hydrogen (secondary N) is 1. The number of carbonyl (C=O) groups excluding carboxylic acids is 1. The molecule has 2 aromatic heterocycles. The number of rotatable bonds is 6. The minimum Gasteiger partial charge on any atom is -0.353 e. The second kappa shape index (κ2) is 7.92. The number of pyridine rings is 1. The lowest BCUT2D eigenvalue weighted by Gasteiger charge is -2.35. The zero-order chi connectivity index (χ0) is 16.8. The molecule has 1 N–H and O–H groups in total. The molecular weight excluding hydrogens is 304 g/mol. The van der Waals surface area contributed by atoms with E-state index in [1.54, 1.807) is 12.4 Å². The summed E-state index contributed by atoms with van der Waals surface area (Å²) < 4.78 is 1.87. The number of nitrogens with zero attached hydrogens (tertiary/aromatic N) is 5. The van der Waals surface area contributed by atoms with Crippen LogP contribution in [0.2, 0.25) is 0 Å². The van der Waals surface area contributed by atoms with E-state index in [0.717, 1.165) is 38.5 Å². The Morgan fingerprint density at radius 3 is 2.71 bits per heavy atom. The first kappa shape index (κ1) is 16.4. The van der Waals surface area contributed by atoms with Gasteiger partial charge in [0, 0.05) is 50.8 Å². The van der Waals surface area contributed by atoms with E-state index in [1.165, 1.54) is 0 Å². The molecule has 3 rings (SSSR count). The van der Waals surface area contributed by atoms with Gasteiger partial charge in [-0.1, -0.05) is 6.07 Å². The predicted octanol–water partition coefficient (Wildman–Crippen LogP) is 0.605. The molecule has 0 aliphatic carbocycles. The van der Waals surface area contributed by atoms with Gasteiger partial charge in [0.1, 0.15) is 5.82 Å². The molecule has 7 heteroatoms. The van der Waals surface area contributed by atoms with E-state index in [-0.39, 0.29) is 11.9 Å². The van der Waals surface area contributed by atoms with Crippen LogP contribution in [0.25, 0.3) is 0 Å². The number of carbonyl (C=O) groups is 1. The number of amides is 1. The third kappa shape index (κ3) is 4.32. The summed E-state index contributed by atoms with van der Waals surface area (Å²) in [6.45, 7) is 6.32. The second-order valence-corrected chi connectivity index (χ2v) is 6.07. The van der Waals surface area contributed by atoms with Crippen LogP contribution < -0.4 is 10.2 Å². The van der Waals surface area contributed by atoms with Crippen LogP contribution in [0.4, 0.5) is 5.82 Å². The average Bonchev–Trinajstić information content (AvgIpc) is 3.13. The summed E-state index contributed by atoms with van der Waals surface area (Å²) in [4.78, 5) is 20.9. The van der Waals surface area contributed by atoms with Gasteiger partial charge in [-0.3, -0.25) is 9.48 Å². The van der Waals surface area contributed by atoms with Crippen LogP contribution in [-0.2, 0) is 11.3 Å². The number of hydrogen-bond donors (Lipinski definition) is 1. The first-order valence-corrected chi connectivity index (χ1v) is 8.37. The average molecular weight is 328 g/mol. The Morgan fingerprint density at radius 2 is 2.04 bits per heavy atom. The fourth-order valence-corrected chi connectivity index (χ4v) is 2.85. The van der Waals surface area contributed by atoms with Gasteiger partial charge in [-0.25, -0.2) is 4.98 Å². The highest BCUT2D eigenvalue weighted by molar-refractivity contribution is 5.78. The molecule has 3 heterocycles. The third-order valence-electron chi connectivity index (χ3n) is 4.23. The topological polar surface area (TPSA) is 66.3 Å². The van der Waals surface area contributed by atoms with Crippen LogP contribution in [0.1, 0.15) is 6.92 Å². The van der Waals surface area contributed by atoms with E-state index >= 15 is 0 Å².